The Bertz CT molecular complexity index is 991. The van der Waals surface area contributed by atoms with Crippen molar-refractivity contribution in [2.45, 2.75) is 6.92 Å². The minimum absolute atomic E-state index is 0.268. The highest BCUT2D eigenvalue weighted by Gasteiger charge is 2.11. The maximum atomic E-state index is 12.5. The molecule has 1 heterocycles. The van der Waals surface area contributed by atoms with Crippen molar-refractivity contribution >= 4 is 34.7 Å². The Morgan fingerprint density at radius 1 is 1.00 bits per heavy atom. The van der Waals surface area contributed by atoms with Gasteiger partial charge in [-0.1, -0.05) is 17.7 Å². The molecule has 0 bridgehead atoms. The lowest BCUT2D eigenvalue weighted by Gasteiger charge is -2.11. The highest BCUT2D eigenvalue weighted by atomic mass is 35.5. The standard InChI is InChI=1S/C21H20ClN3O3/c1-13-4-7-19(28-3)17(10-13)25-21(26)14-5-9-20(23-12-14)24-15-6-8-18(27-2)16(22)11-15/h4-12H,1-3H3,(H,23,24)(H,25,26). The summed E-state index contributed by atoms with van der Waals surface area (Å²) < 4.78 is 10.4. The summed E-state index contributed by atoms with van der Waals surface area (Å²) in [5, 5.41) is 6.48. The van der Waals surface area contributed by atoms with Crippen LogP contribution in [-0.2, 0) is 0 Å². The van der Waals surface area contributed by atoms with E-state index in [0.717, 1.165) is 11.3 Å². The van der Waals surface area contributed by atoms with E-state index in [1.54, 1.807) is 38.5 Å². The molecule has 3 aromatic rings. The molecule has 0 saturated heterocycles. The number of aromatic nitrogens is 1. The summed E-state index contributed by atoms with van der Waals surface area (Å²) in [6.07, 6.45) is 1.51. The SMILES string of the molecule is COc1ccc(Nc2ccc(C(=O)Nc3cc(C)ccc3OC)cn2)cc1Cl. The van der Waals surface area contributed by atoms with Crippen LogP contribution < -0.4 is 20.1 Å². The van der Waals surface area contributed by atoms with E-state index in [-0.39, 0.29) is 5.91 Å². The fraction of sp³-hybridized carbons (Fsp3) is 0.143. The zero-order chi connectivity index (χ0) is 20.1. The molecule has 0 unspecified atom stereocenters. The van der Waals surface area contributed by atoms with Crippen LogP contribution in [0.5, 0.6) is 11.5 Å². The molecule has 0 spiro atoms. The third-order valence-electron chi connectivity index (χ3n) is 4.05. The number of halogens is 1. The van der Waals surface area contributed by atoms with Crippen molar-refractivity contribution in [2.24, 2.45) is 0 Å². The van der Waals surface area contributed by atoms with Crippen LogP contribution >= 0.6 is 11.6 Å². The number of carbonyl (C=O) groups excluding carboxylic acids is 1. The van der Waals surface area contributed by atoms with Crippen LogP contribution in [0.4, 0.5) is 17.2 Å². The Kier molecular flexibility index (Phi) is 6.01. The predicted molar refractivity (Wildman–Crippen MR) is 111 cm³/mol. The fourth-order valence-corrected chi connectivity index (χ4v) is 2.87. The van der Waals surface area contributed by atoms with Gasteiger partial charge in [-0.25, -0.2) is 4.98 Å². The smallest absolute Gasteiger partial charge is 0.257 e. The van der Waals surface area contributed by atoms with Gasteiger partial charge >= 0.3 is 0 Å². The molecule has 2 aromatic carbocycles. The summed E-state index contributed by atoms with van der Waals surface area (Å²) in [7, 11) is 3.12. The lowest BCUT2D eigenvalue weighted by atomic mass is 10.2. The predicted octanol–water partition coefficient (Wildman–Crippen LogP) is 5.06. The molecule has 0 aliphatic carbocycles. The molecule has 28 heavy (non-hydrogen) atoms. The first-order valence-corrected chi connectivity index (χ1v) is 8.90. The van der Waals surface area contributed by atoms with Gasteiger partial charge in [0.15, 0.2) is 0 Å². The van der Waals surface area contributed by atoms with Gasteiger partial charge in [0.2, 0.25) is 0 Å². The van der Waals surface area contributed by atoms with Crippen LogP contribution in [0.3, 0.4) is 0 Å². The zero-order valence-corrected chi connectivity index (χ0v) is 16.5. The van der Waals surface area contributed by atoms with Gasteiger partial charge in [0.1, 0.15) is 17.3 Å². The maximum Gasteiger partial charge on any atom is 0.257 e. The van der Waals surface area contributed by atoms with Gasteiger partial charge in [0.05, 0.1) is 30.5 Å². The van der Waals surface area contributed by atoms with Crippen molar-refractivity contribution in [1.29, 1.82) is 0 Å². The minimum atomic E-state index is -0.268. The third kappa shape index (κ3) is 4.53. The lowest BCUT2D eigenvalue weighted by Crippen LogP contribution is -2.13. The monoisotopic (exact) mass is 397 g/mol. The van der Waals surface area contributed by atoms with Gasteiger partial charge in [-0.05, 0) is 55.0 Å². The summed E-state index contributed by atoms with van der Waals surface area (Å²) >= 11 is 6.13. The molecule has 0 atom stereocenters. The van der Waals surface area contributed by atoms with E-state index in [1.807, 2.05) is 31.2 Å². The molecule has 0 aliphatic rings. The lowest BCUT2D eigenvalue weighted by molar-refractivity contribution is 0.102. The first-order valence-electron chi connectivity index (χ1n) is 8.53. The van der Waals surface area contributed by atoms with Gasteiger partial charge in [-0.15, -0.1) is 0 Å². The highest BCUT2D eigenvalue weighted by molar-refractivity contribution is 6.32. The first kappa shape index (κ1) is 19.5. The molecule has 7 heteroatoms. The summed E-state index contributed by atoms with van der Waals surface area (Å²) in [6, 6.07) is 14.3. The maximum absolute atomic E-state index is 12.5. The zero-order valence-electron chi connectivity index (χ0n) is 15.7. The number of nitrogens with one attached hydrogen (secondary N) is 2. The molecule has 6 nitrogen and oxygen atoms in total. The van der Waals surface area contributed by atoms with Crippen molar-refractivity contribution in [2.75, 3.05) is 24.9 Å². The Balaban J connectivity index is 1.71. The molecular formula is C21H20ClN3O3. The van der Waals surface area contributed by atoms with Crippen LogP contribution in [0.1, 0.15) is 15.9 Å². The Morgan fingerprint density at radius 2 is 1.75 bits per heavy atom. The van der Waals surface area contributed by atoms with E-state index in [4.69, 9.17) is 21.1 Å². The number of methoxy groups -OCH3 is 2. The number of aryl methyl sites for hydroxylation is 1. The van der Waals surface area contributed by atoms with E-state index in [1.165, 1.54) is 6.20 Å². The first-order chi connectivity index (χ1) is 13.5. The van der Waals surface area contributed by atoms with Gasteiger partial charge < -0.3 is 20.1 Å². The van der Waals surface area contributed by atoms with Gasteiger partial charge in [0, 0.05) is 11.9 Å². The van der Waals surface area contributed by atoms with E-state index < -0.39 is 0 Å². The molecule has 0 aliphatic heterocycles. The average Bonchev–Trinajstić information content (AvgIpc) is 2.69. The van der Waals surface area contributed by atoms with Crippen molar-refractivity contribution in [3.63, 3.8) is 0 Å². The number of amides is 1. The van der Waals surface area contributed by atoms with Crippen LogP contribution in [0.2, 0.25) is 5.02 Å². The molecular weight excluding hydrogens is 378 g/mol. The number of benzene rings is 2. The molecule has 0 fully saturated rings. The van der Waals surface area contributed by atoms with Crippen LogP contribution in [0, 0.1) is 6.92 Å². The molecule has 0 radical (unpaired) electrons. The second-order valence-corrected chi connectivity index (χ2v) is 6.47. The minimum Gasteiger partial charge on any atom is -0.495 e. The largest absolute Gasteiger partial charge is 0.495 e. The summed E-state index contributed by atoms with van der Waals surface area (Å²) in [5.74, 6) is 1.52. The van der Waals surface area contributed by atoms with Crippen LogP contribution in [0.25, 0.3) is 0 Å². The fourth-order valence-electron chi connectivity index (χ4n) is 2.61. The second kappa shape index (κ2) is 8.63. The normalized spacial score (nSPS) is 10.3. The molecule has 1 aromatic heterocycles. The number of anilines is 3. The Morgan fingerprint density at radius 3 is 2.39 bits per heavy atom. The number of ether oxygens (including phenoxy) is 2. The number of hydrogen-bond donors (Lipinski definition) is 2. The number of hydrogen-bond acceptors (Lipinski definition) is 5. The molecule has 2 N–H and O–H groups in total. The van der Waals surface area contributed by atoms with E-state index in [2.05, 4.69) is 15.6 Å². The summed E-state index contributed by atoms with van der Waals surface area (Å²) in [6.45, 7) is 1.95. The van der Waals surface area contributed by atoms with Crippen molar-refractivity contribution < 1.29 is 14.3 Å². The van der Waals surface area contributed by atoms with Gasteiger partial charge in [0.25, 0.3) is 5.91 Å². The van der Waals surface area contributed by atoms with Crippen molar-refractivity contribution in [3.8, 4) is 11.5 Å². The van der Waals surface area contributed by atoms with Gasteiger partial charge in [-0.3, -0.25) is 4.79 Å². The van der Waals surface area contributed by atoms with E-state index in [9.17, 15) is 4.79 Å². The van der Waals surface area contributed by atoms with Crippen molar-refractivity contribution in [1.82, 2.24) is 4.98 Å². The number of rotatable bonds is 6. The molecule has 3 rings (SSSR count). The Labute approximate surface area is 168 Å². The van der Waals surface area contributed by atoms with Crippen LogP contribution in [0.15, 0.2) is 54.7 Å². The molecule has 0 saturated carbocycles. The Hall–Kier alpha value is -3.25. The molecule has 144 valence electrons. The quantitative estimate of drug-likeness (QED) is 0.608. The summed E-state index contributed by atoms with van der Waals surface area (Å²) in [5.41, 5.74) is 2.83. The van der Waals surface area contributed by atoms with Gasteiger partial charge in [-0.2, -0.15) is 0 Å². The number of nitrogens with zero attached hydrogens (tertiary/aromatic N) is 1. The van der Waals surface area contributed by atoms with Crippen molar-refractivity contribution in [3.05, 3.63) is 70.9 Å². The third-order valence-corrected chi connectivity index (χ3v) is 4.35. The van der Waals surface area contributed by atoms with E-state index in [0.29, 0.717) is 33.6 Å². The average molecular weight is 398 g/mol. The van der Waals surface area contributed by atoms with E-state index >= 15 is 0 Å². The summed E-state index contributed by atoms with van der Waals surface area (Å²) in [4.78, 5) is 16.8. The second-order valence-electron chi connectivity index (χ2n) is 6.06. The number of carbonyl (C=O) groups is 1. The van der Waals surface area contributed by atoms with Crippen LogP contribution in [-0.4, -0.2) is 25.1 Å². The number of pyridine rings is 1. The molecule has 1 amide bonds. The highest BCUT2D eigenvalue weighted by Crippen LogP contribution is 2.29. The topological polar surface area (TPSA) is 72.5 Å².